The van der Waals surface area contributed by atoms with Crippen molar-refractivity contribution < 1.29 is 0 Å². The number of pyridine rings is 3. The van der Waals surface area contributed by atoms with Gasteiger partial charge < -0.3 is 4.57 Å². The highest BCUT2D eigenvalue weighted by Crippen LogP contribution is 2.45. The molecule has 30 aromatic rings. The van der Waals surface area contributed by atoms with E-state index in [9.17, 15) is 0 Å². The quantitative estimate of drug-likeness (QED) is 0.0991. The fraction of sp³-hybridized carbons (Fsp3) is 0. The van der Waals surface area contributed by atoms with E-state index in [-0.39, 0.29) is 0 Å². The van der Waals surface area contributed by atoms with Gasteiger partial charge >= 0.3 is 0 Å². The van der Waals surface area contributed by atoms with Crippen LogP contribution in [0, 0.1) is 0 Å². The Hall–Kier alpha value is -20.5. The predicted octanol–water partition coefficient (Wildman–Crippen LogP) is 33.8. The van der Waals surface area contributed by atoms with Gasteiger partial charge in [-0.05, 0) is 201 Å². The van der Waals surface area contributed by atoms with Crippen LogP contribution in [-0.2, 0) is 0 Å². The fourth-order valence-electron chi connectivity index (χ4n) is 22.0. The minimum atomic E-state index is 0.576. The van der Waals surface area contributed by atoms with E-state index in [1.807, 2.05) is 122 Å². The van der Waals surface area contributed by atoms with Crippen molar-refractivity contribution in [2.24, 2.45) is 0 Å². The Morgan fingerprint density at radius 3 is 0.733 bits per heavy atom. The molecule has 0 bridgehead atoms. The summed E-state index contributed by atoms with van der Waals surface area (Å²) < 4.78 is 13.6. The standard InChI is InChI=1S/C47H31N3.C45H29N5.C44H28N6/c1-3-11-32(12-4-1)34-20-24-38(25-21-34)50-46-31-37(23-27-42(46)43-18-10-28-48-47(43)50)36-22-26-41-40-17-7-8-19-44(40)49(45(41)30-36)39-16-9-15-35(29-39)33-13-5-2-6-14-33;1-4-13-30(14-5-1)39-29-40(31-15-6-2-7-16-31)48-45(47-39)50-41-21-11-10-19-35(41)36-24-22-33(28-43(36)50)32-23-25-37-38-20-12-26-46-44(38)49(42(37)27-32)34-17-8-3-9-18-34;1-4-13-29(14-5-1)41-46-42(30-15-6-2-7-16-30)48-44(47-41)50-38-21-11-10-19-34(38)35-24-22-32(28-40(35)50)31-23-25-36-37-20-12-26-45-43(37)49(39(36)27-31)33-17-8-3-9-18-33/h1-31H;1-29H;1-28H. The number of rotatable bonds is 15. The van der Waals surface area contributed by atoms with Crippen molar-refractivity contribution in [2.45, 2.75) is 0 Å². The third-order valence-electron chi connectivity index (χ3n) is 29.0. The second kappa shape index (κ2) is 37.0. The average molecular weight is 1920 g/mol. The molecular weight excluding hydrogens is 1830 g/mol. The van der Waals surface area contributed by atoms with Gasteiger partial charge in [0.05, 0.1) is 61.0 Å². The molecule has 19 aromatic carbocycles. The Bertz CT molecular complexity index is 9930. The first-order valence-electron chi connectivity index (χ1n) is 50.5. The minimum Gasteiger partial charge on any atom is -0.309 e. The summed E-state index contributed by atoms with van der Waals surface area (Å²) in [5.41, 5.74) is 34.5. The minimum absolute atomic E-state index is 0.576. The van der Waals surface area contributed by atoms with Gasteiger partial charge in [-0.15, -0.1) is 0 Å². The molecule has 0 aliphatic rings. The SMILES string of the molecule is c1ccc(-c2cc(-c3ccccc3)nc(-n3c4ccccc4c4ccc(-c5ccc6c7cccnc7n(-c7ccccc7)c6c5)cc43)n2)cc1.c1ccc(-c2ccc(-n3c4cc(-c5ccc6c7ccccc7n(-c7cccc(-c8ccccc8)c7)c6c5)ccc4c4cccnc43)cc2)cc1.c1ccc(-c2nc(-c3ccccc3)nc(-n3c4ccccc4c4ccc(-c5ccc6c7cccnc7n(-c7ccccc7)c6c5)cc43)n2)cc1. The van der Waals surface area contributed by atoms with Crippen LogP contribution in [0.5, 0.6) is 0 Å². The molecule has 0 radical (unpaired) electrons. The molecule has 30 rings (SSSR count). The number of para-hydroxylation sites is 5. The Morgan fingerprint density at radius 1 is 0.127 bits per heavy atom. The molecule has 702 valence electrons. The molecule has 0 aliphatic carbocycles. The lowest BCUT2D eigenvalue weighted by Gasteiger charge is -2.12. The van der Waals surface area contributed by atoms with Gasteiger partial charge in [-0.2, -0.15) is 9.97 Å². The van der Waals surface area contributed by atoms with Gasteiger partial charge in [0.15, 0.2) is 11.6 Å². The second-order valence-corrected chi connectivity index (χ2v) is 37.8. The van der Waals surface area contributed by atoms with Gasteiger partial charge in [-0.25, -0.2) is 29.9 Å². The van der Waals surface area contributed by atoms with Crippen LogP contribution in [0.4, 0.5) is 0 Å². The molecule has 0 saturated heterocycles. The third kappa shape index (κ3) is 15.4. The number of hydrogen-bond donors (Lipinski definition) is 0. The number of aromatic nitrogens is 14. The molecule has 150 heavy (non-hydrogen) atoms. The monoisotopic (exact) mass is 1920 g/mol. The summed E-state index contributed by atoms with van der Waals surface area (Å²) in [5.74, 6) is 2.47. The molecule has 0 saturated carbocycles. The lowest BCUT2D eigenvalue weighted by Crippen LogP contribution is -2.06. The molecule has 14 heteroatoms. The maximum atomic E-state index is 5.23. The first-order chi connectivity index (χ1) is 74.4. The van der Waals surface area contributed by atoms with Crippen molar-refractivity contribution in [1.29, 1.82) is 0 Å². The number of hydrogen-bond acceptors (Lipinski definition) is 8. The van der Waals surface area contributed by atoms with Crippen molar-refractivity contribution >= 4 is 131 Å². The van der Waals surface area contributed by atoms with Crippen LogP contribution in [0.25, 0.3) is 267 Å². The molecule has 0 fully saturated rings. The second-order valence-electron chi connectivity index (χ2n) is 37.8. The van der Waals surface area contributed by atoms with E-state index < -0.39 is 0 Å². The van der Waals surface area contributed by atoms with E-state index in [1.165, 1.54) is 71.3 Å². The topological polar surface area (TPSA) is 133 Å². The molecule has 0 spiro atoms. The average Bonchev–Trinajstić information content (AvgIpc) is 1.59. The van der Waals surface area contributed by atoms with Crippen LogP contribution in [-0.4, -0.2) is 67.3 Å². The summed E-state index contributed by atoms with van der Waals surface area (Å²) in [6, 6.07) is 182. The number of benzene rings is 19. The Kier molecular flexibility index (Phi) is 21.6. The third-order valence-corrected chi connectivity index (χ3v) is 29.0. The summed E-state index contributed by atoms with van der Waals surface area (Å²) in [6.07, 6.45) is 5.62. The smallest absolute Gasteiger partial charge is 0.238 e. The molecule has 0 amide bonds. The van der Waals surface area contributed by atoms with E-state index in [0.29, 0.717) is 23.5 Å². The largest absolute Gasteiger partial charge is 0.309 e. The highest BCUT2D eigenvalue weighted by molar-refractivity contribution is 6.16. The molecule has 11 heterocycles. The zero-order valence-electron chi connectivity index (χ0n) is 81.1. The molecule has 0 N–H and O–H groups in total. The van der Waals surface area contributed by atoms with E-state index >= 15 is 0 Å². The zero-order valence-corrected chi connectivity index (χ0v) is 81.1. The van der Waals surface area contributed by atoms with Gasteiger partial charge in [-0.3, -0.25) is 22.8 Å². The number of fused-ring (bicyclic) bond motifs is 18. The van der Waals surface area contributed by atoms with Crippen molar-refractivity contribution in [3.63, 3.8) is 0 Å². The summed E-state index contributed by atoms with van der Waals surface area (Å²) in [4.78, 5) is 40.1. The van der Waals surface area contributed by atoms with Crippen molar-refractivity contribution in [1.82, 2.24) is 67.3 Å². The van der Waals surface area contributed by atoms with Crippen LogP contribution in [0.1, 0.15) is 0 Å². The van der Waals surface area contributed by atoms with Gasteiger partial charge in [0.25, 0.3) is 0 Å². The van der Waals surface area contributed by atoms with Gasteiger partial charge in [0, 0.05) is 128 Å². The van der Waals surface area contributed by atoms with Crippen LogP contribution < -0.4 is 0 Å². The molecule has 0 unspecified atom stereocenters. The van der Waals surface area contributed by atoms with Gasteiger partial charge in [0.2, 0.25) is 11.9 Å². The summed E-state index contributed by atoms with van der Waals surface area (Å²) >= 11 is 0. The van der Waals surface area contributed by atoms with E-state index in [0.717, 1.165) is 172 Å². The summed E-state index contributed by atoms with van der Waals surface area (Å²) in [5, 5.41) is 14.0. The first kappa shape index (κ1) is 87.3. The number of nitrogens with zero attached hydrogens (tertiary/aromatic N) is 14. The van der Waals surface area contributed by atoms with Crippen molar-refractivity contribution in [3.05, 3.63) is 534 Å². The molecular formula is C136H88N14. The van der Waals surface area contributed by atoms with Crippen molar-refractivity contribution in [3.8, 4) is 136 Å². The van der Waals surface area contributed by atoms with Crippen LogP contribution >= 0.6 is 0 Å². The van der Waals surface area contributed by atoms with Crippen LogP contribution in [0.3, 0.4) is 0 Å². The molecule has 11 aromatic heterocycles. The van der Waals surface area contributed by atoms with Crippen LogP contribution in [0.15, 0.2) is 534 Å². The van der Waals surface area contributed by atoms with Crippen molar-refractivity contribution in [2.75, 3.05) is 0 Å². The van der Waals surface area contributed by atoms with Crippen LogP contribution in [0.2, 0.25) is 0 Å². The highest BCUT2D eigenvalue weighted by Gasteiger charge is 2.26. The Labute approximate surface area is 862 Å². The molecule has 14 nitrogen and oxygen atoms in total. The van der Waals surface area contributed by atoms with E-state index in [2.05, 4.69) is 440 Å². The van der Waals surface area contributed by atoms with Gasteiger partial charge in [0.1, 0.15) is 16.9 Å². The first-order valence-corrected chi connectivity index (χ1v) is 50.5. The lowest BCUT2D eigenvalue weighted by molar-refractivity contribution is 0.953. The van der Waals surface area contributed by atoms with E-state index in [1.54, 1.807) is 0 Å². The normalized spacial score (nSPS) is 11.6. The lowest BCUT2D eigenvalue weighted by atomic mass is 10.0. The van der Waals surface area contributed by atoms with Gasteiger partial charge in [-0.1, -0.05) is 370 Å². The fourth-order valence-corrected chi connectivity index (χ4v) is 22.0. The molecule has 0 atom stereocenters. The summed E-state index contributed by atoms with van der Waals surface area (Å²) in [6.45, 7) is 0. The highest BCUT2D eigenvalue weighted by atomic mass is 15.2. The maximum absolute atomic E-state index is 5.23. The summed E-state index contributed by atoms with van der Waals surface area (Å²) in [7, 11) is 0. The Morgan fingerprint density at radius 2 is 0.367 bits per heavy atom. The maximum Gasteiger partial charge on any atom is 0.238 e. The van der Waals surface area contributed by atoms with E-state index in [4.69, 9.17) is 39.9 Å². The predicted molar refractivity (Wildman–Crippen MR) is 617 cm³/mol. The molecule has 0 aliphatic heterocycles. The zero-order chi connectivity index (χ0) is 99.1. The Balaban J connectivity index is 0.000000108.